The van der Waals surface area contributed by atoms with Crippen LogP contribution >= 0.6 is 0 Å². The smallest absolute Gasteiger partial charge is 0.311 e. The molecule has 5 nitrogen and oxygen atoms in total. The molecule has 6 atom stereocenters. The number of hydrogen-bond donors (Lipinski definition) is 0. The second-order valence-corrected chi connectivity index (χ2v) is 14.3. The Bertz CT molecular complexity index is 1100. The Kier molecular flexibility index (Phi) is 6.26. The SMILES string of the molecule is COC(=O)[C@@]1(CCC(C)(C)C)CCC2[C@@H](C1)C(=O)C=C1[C@@]2(C)CC[C@H]2C(C)(C)C(=O)C(C#N)=C[C@]12C. The highest BCUT2D eigenvalue weighted by Gasteiger charge is 2.63. The number of carbonyl (C=O) groups is 3. The van der Waals surface area contributed by atoms with E-state index in [4.69, 9.17) is 4.74 Å². The second-order valence-electron chi connectivity index (χ2n) is 14.3. The molecule has 0 aliphatic heterocycles. The summed E-state index contributed by atoms with van der Waals surface area (Å²) in [7, 11) is 1.46. The van der Waals surface area contributed by atoms with Gasteiger partial charge in [-0.1, -0.05) is 60.1 Å². The third-order valence-corrected chi connectivity index (χ3v) is 10.6. The van der Waals surface area contributed by atoms with E-state index in [9.17, 15) is 19.6 Å². The summed E-state index contributed by atoms with van der Waals surface area (Å²) in [6, 6.07) is 2.15. The number of nitriles is 1. The van der Waals surface area contributed by atoms with E-state index in [1.54, 1.807) is 0 Å². The molecule has 196 valence electrons. The summed E-state index contributed by atoms with van der Waals surface area (Å²) in [4.78, 5) is 40.1. The Morgan fingerprint density at radius 2 is 1.81 bits per heavy atom. The fourth-order valence-corrected chi connectivity index (χ4v) is 8.58. The maximum Gasteiger partial charge on any atom is 0.311 e. The predicted octanol–water partition coefficient (Wildman–Crippen LogP) is 6.38. The molecule has 36 heavy (non-hydrogen) atoms. The highest BCUT2D eigenvalue weighted by Crippen LogP contribution is 2.68. The molecular formula is C31H43NO4. The summed E-state index contributed by atoms with van der Waals surface area (Å²) >= 11 is 0. The molecule has 4 aliphatic carbocycles. The number of fused-ring (bicyclic) bond motifs is 5. The molecule has 0 heterocycles. The van der Waals surface area contributed by atoms with Gasteiger partial charge >= 0.3 is 5.97 Å². The average molecular weight is 494 g/mol. The number of esters is 1. The lowest BCUT2D eigenvalue weighted by Crippen LogP contribution is -2.58. The van der Waals surface area contributed by atoms with Crippen LogP contribution in [-0.2, 0) is 19.1 Å². The largest absolute Gasteiger partial charge is 0.469 e. The molecule has 0 aromatic rings. The van der Waals surface area contributed by atoms with Crippen LogP contribution in [0.15, 0.2) is 23.3 Å². The molecule has 0 aromatic heterocycles. The molecule has 4 aliphatic rings. The van der Waals surface area contributed by atoms with Gasteiger partial charge in [-0.2, -0.15) is 5.26 Å². The van der Waals surface area contributed by atoms with Gasteiger partial charge < -0.3 is 4.74 Å². The van der Waals surface area contributed by atoms with Gasteiger partial charge in [0.25, 0.3) is 0 Å². The fourth-order valence-electron chi connectivity index (χ4n) is 8.58. The van der Waals surface area contributed by atoms with Gasteiger partial charge in [0.15, 0.2) is 11.6 Å². The van der Waals surface area contributed by atoms with E-state index in [1.165, 1.54) is 7.11 Å². The zero-order chi connectivity index (χ0) is 26.9. The van der Waals surface area contributed by atoms with Crippen molar-refractivity contribution >= 4 is 17.5 Å². The summed E-state index contributed by atoms with van der Waals surface area (Å²) in [5.41, 5.74) is -0.593. The number of rotatable bonds is 3. The number of nitrogens with zero attached hydrogens (tertiary/aromatic N) is 1. The normalized spacial score (nSPS) is 39.6. The lowest BCUT2D eigenvalue weighted by atomic mass is 9.41. The van der Waals surface area contributed by atoms with Crippen molar-refractivity contribution in [1.82, 2.24) is 0 Å². The molecule has 0 saturated heterocycles. The van der Waals surface area contributed by atoms with Gasteiger partial charge in [-0.05, 0) is 73.7 Å². The molecule has 0 amide bonds. The van der Waals surface area contributed by atoms with Crippen molar-refractivity contribution < 1.29 is 19.1 Å². The lowest BCUT2D eigenvalue weighted by molar-refractivity contribution is -0.161. The molecule has 1 unspecified atom stereocenters. The summed E-state index contributed by atoms with van der Waals surface area (Å²) in [5.74, 6) is -0.180. The third kappa shape index (κ3) is 3.82. The summed E-state index contributed by atoms with van der Waals surface area (Å²) in [6.45, 7) is 14.9. The highest BCUT2D eigenvalue weighted by molar-refractivity contribution is 6.04. The van der Waals surface area contributed by atoms with Crippen molar-refractivity contribution in [1.29, 1.82) is 5.26 Å². The quantitative estimate of drug-likeness (QED) is 0.426. The Morgan fingerprint density at radius 1 is 1.14 bits per heavy atom. The minimum Gasteiger partial charge on any atom is -0.469 e. The number of methoxy groups -OCH3 is 1. The summed E-state index contributed by atoms with van der Waals surface area (Å²) in [5, 5.41) is 9.77. The summed E-state index contributed by atoms with van der Waals surface area (Å²) < 4.78 is 5.31. The summed E-state index contributed by atoms with van der Waals surface area (Å²) in [6.07, 6.45) is 9.22. The fraction of sp³-hybridized carbons (Fsp3) is 0.742. The van der Waals surface area contributed by atoms with E-state index in [1.807, 2.05) is 26.0 Å². The number of Topliss-reactive ketones (excluding diaryl/α,β-unsaturated/α-hetero) is 1. The molecule has 2 saturated carbocycles. The van der Waals surface area contributed by atoms with Crippen LogP contribution in [0.4, 0.5) is 0 Å². The van der Waals surface area contributed by atoms with E-state index in [-0.39, 0.29) is 51.7 Å². The molecule has 4 rings (SSSR count). The van der Waals surface area contributed by atoms with Gasteiger partial charge in [0.05, 0.1) is 18.1 Å². The topological polar surface area (TPSA) is 84.2 Å². The van der Waals surface area contributed by atoms with Gasteiger partial charge in [-0.3, -0.25) is 14.4 Å². The lowest BCUT2D eigenvalue weighted by Gasteiger charge is -2.62. The molecule has 0 radical (unpaired) electrons. The van der Waals surface area contributed by atoms with Crippen LogP contribution in [0.5, 0.6) is 0 Å². The maximum absolute atomic E-state index is 13.8. The van der Waals surface area contributed by atoms with Crippen LogP contribution < -0.4 is 0 Å². The Labute approximate surface area is 216 Å². The number of ether oxygens (including phenoxy) is 1. The van der Waals surface area contributed by atoms with E-state index in [0.717, 1.165) is 44.1 Å². The molecule has 0 bridgehead atoms. The first-order valence-electron chi connectivity index (χ1n) is 13.6. The number of hydrogen-bond acceptors (Lipinski definition) is 5. The first-order valence-corrected chi connectivity index (χ1v) is 13.6. The third-order valence-electron chi connectivity index (χ3n) is 10.6. The van der Waals surface area contributed by atoms with Crippen molar-refractivity contribution in [3.05, 3.63) is 23.3 Å². The number of carbonyl (C=O) groups excluding carboxylic acids is 3. The van der Waals surface area contributed by atoms with Crippen LogP contribution in [0.2, 0.25) is 0 Å². The van der Waals surface area contributed by atoms with Crippen LogP contribution in [0, 0.1) is 56.2 Å². The molecule has 2 fully saturated rings. The van der Waals surface area contributed by atoms with Gasteiger partial charge in [0, 0.05) is 16.7 Å². The zero-order valence-corrected chi connectivity index (χ0v) is 23.4. The first kappa shape index (κ1) is 26.8. The van der Waals surface area contributed by atoms with Crippen LogP contribution in [-0.4, -0.2) is 24.6 Å². The number of ketones is 2. The van der Waals surface area contributed by atoms with Crippen LogP contribution in [0.3, 0.4) is 0 Å². The van der Waals surface area contributed by atoms with E-state index >= 15 is 0 Å². The van der Waals surface area contributed by atoms with Gasteiger partial charge in [-0.25, -0.2) is 0 Å². The van der Waals surface area contributed by atoms with E-state index < -0.39 is 16.2 Å². The zero-order valence-electron chi connectivity index (χ0n) is 23.4. The van der Waals surface area contributed by atoms with Crippen LogP contribution in [0.25, 0.3) is 0 Å². The monoisotopic (exact) mass is 493 g/mol. The second kappa shape index (κ2) is 8.40. The molecular weight excluding hydrogens is 450 g/mol. The van der Waals surface area contributed by atoms with Crippen molar-refractivity contribution in [2.24, 2.45) is 44.8 Å². The maximum atomic E-state index is 13.8. The van der Waals surface area contributed by atoms with E-state index in [0.29, 0.717) is 6.42 Å². The highest BCUT2D eigenvalue weighted by atomic mass is 16.5. The number of allylic oxidation sites excluding steroid dienone is 4. The van der Waals surface area contributed by atoms with E-state index in [2.05, 4.69) is 40.7 Å². The standard InChI is InChI=1S/C31H43NO4/c1-27(2,3)13-14-31(26(35)36-8)12-9-21-20(17-31)22(33)15-24-29(21,6)11-10-23-28(4,5)25(34)19(18-32)16-30(23,24)7/h15-16,20-21,23H,9-14,17H2,1-8H3/t20-,21?,23+,29+,30+,31-/m1/s1. The molecule has 5 heteroatoms. The minimum absolute atomic E-state index is 0.0443. The van der Waals surface area contributed by atoms with Gasteiger partial charge in [-0.15, -0.1) is 0 Å². The molecule has 0 spiro atoms. The average Bonchev–Trinajstić information content (AvgIpc) is 2.80. The van der Waals surface area contributed by atoms with Crippen molar-refractivity contribution in [3.8, 4) is 6.07 Å². The van der Waals surface area contributed by atoms with Gasteiger partial charge in [0.1, 0.15) is 6.07 Å². The molecule has 0 N–H and O–H groups in total. The Balaban J connectivity index is 1.77. The first-order chi connectivity index (χ1) is 16.6. The van der Waals surface area contributed by atoms with Crippen LogP contribution in [0.1, 0.15) is 93.4 Å². The van der Waals surface area contributed by atoms with Crippen molar-refractivity contribution in [2.75, 3.05) is 7.11 Å². The minimum atomic E-state index is -0.657. The Morgan fingerprint density at radius 3 is 2.39 bits per heavy atom. The molecule has 0 aromatic carbocycles. The Hall–Kier alpha value is -2.22. The van der Waals surface area contributed by atoms with Gasteiger partial charge in [0.2, 0.25) is 0 Å². The van der Waals surface area contributed by atoms with Crippen molar-refractivity contribution in [2.45, 2.75) is 93.4 Å². The van der Waals surface area contributed by atoms with Crippen molar-refractivity contribution in [3.63, 3.8) is 0 Å². The predicted molar refractivity (Wildman–Crippen MR) is 138 cm³/mol.